The minimum absolute atomic E-state index is 0.0372. The predicted octanol–water partition coefficient (Wildman–Crippen LogP) is 2.63. The molecular formula is C19H20N2O5S. The number of phenols is 1. The van der Waals surface area contributed by atoms with E-state index in [0.717, 1.165) is 12.8 Å². The number of Topliss-reactive ketones (excluding diaryl/α,β-unsaturated/α-hetero) is 1. The molecule has 0 radical (unpaired) electrons. The van der Waals surface area contributed by atoms with Crippen LogP contribution in [0.3, 0.4) is 0 Å². The minimum Gasteiger partial charge on any atom is -0.507 e. The molecule has 1 aliphatic rings. The van der Waals surface area contributed by atoms with Crippen LogP contribution in [0.2, 0.25) is 0 Å². The van der Waals surface area contributed by atoms with Crippen molar-refractivity contribution in [2.75, 3.05) is 18.4 Å². The van der Waals surface area contributed by atoms with Crippen molar-refractivity contribution >= 4 is 27.4 Å². The molecule has 1 amide bonds. The van der Waals surface area contributed by atoms with Crippen LogP contribution in [0.15, 0.2) is 47.4 Å². The van der Waals surface area contributed by atoms with E-state index in [4.69, 9.17) is 0 Å². The van der Waals surface area contributed by atoms with Crippen LogP contribution in [0, 0.1) is 0 Å². The Kier molecular flexibility index (Phi) is 5.29. The molecule has 3 rings (SSSR count). The Morgan fingerprint density at radius 3 is 2.44 bits per heavy atom. The Hall–Kier alpha value is -2.71. The number of phenolic OH excluding ortho intramolecular Hbond substituents is 1. The third-order valence-corrected chi connectivity index (χ3v) is 6.34. The number of ketones is 1. The van der Waals surface area contributed by atoms with Gasteiger partial charge >= 0.3 is 0 Å². The van der Waals surface area contributed by atoms with Crippen LogP contribution in [-0.4, -0.2) is 42.6 Å². The van der Waals surface area contributed by atoms with Crippen LogP contribution < -0.4 is 5.32 Å². The highest BCUT2D eigenvalue weighted by molar-refractivity contribution is 7.89. The SMILES string of the molecule is CC(=O)c1cccc(NC(=O)c2cc(S(=O)(=O)N3CCCC3)ccc2O)c1. The number of hydrogen-bond donors (Lipinski definition) is 2. The normalized spacial score (nSPS) is 14.9. The number of carbonyl (C=O) groups is 2. The number of sulfonamides is 1. The number of nitrogens with one attached hydrogen (secondary N) is 1. The maximum Gasteiger partial charge on any atom is 0.259 e. The fourth-order valence-corrected chi connectivity index (χ4v) is 4.49. The van der Waals surface area contributed by atoms with Crippen molar-refractivity contribution < 1.29 is 23.1 Å². The minimum atomic E-state index is -3.70. The summed E-state index contributed by atoms with van der Waals surface area (Å²) in [4.78, 5) is 24.0. The van der Waals surface area contributed by atoms with Crippen LogP contribution >= 0.6 is 0 Å². The van der Waals surface area contributed by atoms with Gasteiger partial charge in [0.15, 0.2) is 5.78 Å². The highest BCUT2D eigenvalue weighted by Gasteiger charge is 2.28. The molecule has 2 N–H and O–H groups in total. The molecular weight excluding hydrogens is 368 g/mol. The summed E-state index contributed by atoms with van der Waals surface area (Å²) in [7, 11) is -3.70. The molecule has 8 heteroatoms. The standard InChI is InChI=1S/C19H20N2O5S/c1-13(22)14-5-4-6-15(11-14)20-19(24)17-12-16(7-8-18(17)23)27(25,26)21-9-2-3-10-21/h4-8,11-12,23H,2-3,9-10H2,1H3,(H,20,24). The second-order valence-corrected chi connectivity index (χ2v) is 8.32. The van der Waals surface area contributed by atoms with Gasteiger partial charge < -0.3 is 10.4 Å². The molecule has 0 aromatic heterocycles. The van der Waals surface area contributed by atoms with Crippen molar-refractivity contribution in [3.63, 3.8) is 0 Å². The van der Waals surface area contributed by atoms with Crippen LogP contribution in [0.25, 0.3) is 0 Å². The van der Waals surface area contributed by atoms with Crippen molar-refractivity contribution in [3.8, 4) is 5.75 Å². The second-order valence-electron chi connectivity index (χ2n) is 6.38. The first-order valence-electron chi connectivity index (χ1n) is 8.54. The largest absolute Gasteiger partial charge is 0.507 e. The predicted molar refractivity (Wildman–Crippen MR) is 100 cm³/mol. The lowest BCUT2D eigenvalue weighted by atomic mass is 10.1. The van der Waals surface area contributed by atoms with Crippen LogP contribution in [0.4, 0.5) is 5.69 Å². The Labute approximate surface area is 157 Å². The number of amides is 1. The first-order chi connectivity index (χ1) is 12.8. The monoisotopic (exact) mass is 388 g/mol. The molecule has 27 heavy (non-hydrogen) atoms. The summed E-state index contributed by atoms with van der Waals surface area (Å²) >= 11 is 0. The molecule has 1 heterocycles. The Balaban J connectivity index is 1.89. The fraction of sp³-hybridized carbons (Fsp3) is 0.263. The topological polar surface area (TPSA) is 104 Å². The number of aromatic hydroxyl groups is 1. The molecule has 2 aromatic carbocycles. The lowest BCUT2D eigenvalue weighted by molar-refractivity contribution is 0.101. The highest BCUT2D eigenvalue weighted by Crippen LogP contribution is 2.26. The number of rotatable bonds is 5. The van der Waals surface area contributed by atoms with E-state index in [9.17, 15) is 23.1 Å². The fourth-order valence-electron chi connectivity index (χ4n) is 2.95. The molecule has 0 saturated carbocycles. The number of anilines is 1. The molecule has 1 aliphatic heterocycles. The van der Waals surface area contributed by atoms with E-state index in [2.05, 4.69) is 5.32 Å². The molecule has 142 valence electrons. The summed E-state index contributed by atoms with van der Waals surface area (Å²) in [5.74, 6) is -1.13. The van der Waals surface area contributed by atoms with Gasteiger partial charge in [-0.05, 0) is 50.1 Å². The summed E-state index contributed by atoms with van der Waals surface area (Å²) in [6, 6.07) is 10.0. The zero-order valence-electron chi connectivity index (χ0n) is 14.8. The smallest absolute Gasteiger partial charge is 0.259 e. The van der Waals surface area contributed by atoms with Gasteiger partial charge in [0.05, 0.1) is 10.5 Å². The van der Waals surface area contributed by atoms with Gasteiger partial charge in [0.1, 0.15) is 5.75 Å². The third-order valence-electron chi connectivity index (χ3n) is 4.44. The molecule has 1 fully saturated rings. The van der Waals surface area contributed by atoms with Gasteiger partial charge in [-0.1, -0.05) is 12.1 Å². The first-order valence-corrected chi connectivity index (χ1v) is 9.98. The average Bonchev–Trinajstić information content (AvgIpc) is 3.17. The summed E-state index contributed by atoms with van der Waals surface area (Å²) < 4.78 is 26.7. The van der Waals surface area contributed by atoms with E-state index in [1.807, 2.05) is 0 Å². The number of nitrogens with zero attached hydrogens (tertiary/aromatic N) is 1. The first kappa shape index (κ1) is 19.1. The molecule has 7 nitrogen and oxygen atoms in total. The highest BCUT2D eigenvalue weighted by atomic mass is 32.2. The van der Waals surface area contributed by atoms with Crippen molar-refractivity contribution in [1.82, 2.24) is 4.31 Å². The quantitative estimate of drug-likeness (QED) is 0.767. The number of carbonyl (C=O) groups excluding carboxylic acids is 2. The summed E-state index contributed by atoms with van der Waals surface area (Å²) in [5.41, 5.74) is 0.658. The van der Waals surface area contributed by atoms with Crippen molar-refractivity contribution in [2.24, 2.45) is 0 Å². The van der Waals surface area contributed by atoms with Gasteiger partial charge in [0.2, 0.25) is 10.0 Å². The van der Waals surface area contributed by atoms with Gasteiger partial charge in [0, 0.05) is 24.3 Å². The molecule has 0 bridgehead atoms. The zero-order valence-corrected chi connectivity index (χ0v) is 15.6. The van der Waals surface area contributed by atoms with Crippen LogP contribution in [0.5, 0.6) is 5.75 Å². The number of hydrogen-bond acceptors (Lipinski definition) is 5. The van der Waals surface area contributed by atoms with E-state index in [-0.39, 0.29) is 22.0 Å². The van der Waals surface area contributed by atoms with Gasteiger partial charge in [-0.15, -0.1) is 0 Å². The third kappa shape index (κ3) is 4.01. The Morgan fingerprint density at radius 1 is 1.07 bits per heavy atom. The Morgan fingerprint density at radius 2 is 1.78 bits per heavy atom. The van der Waals surface area contributed by atoms with Crippen molar-refractivity contribution in [1.29, 1.82) is 0 Å². The van der Waals surface area contributed by atoms with E-state index in [1.165, 1.54) is 35.5 Å². The van der Waals surface area contributed by atoms with E-state index >= 15 is 0 Å². The Bertz CT molecular complexity index is 995. The molecule has 0 unspecified atom stereocenters. The molecule has 2 aromatic rings. The van der Waals surface area contributed by atoms with E-state index < -0.39 is 15.9 Å². The molecule has 0 atom stereocenters. The zero-order chi connectivity index (χ0) is 19.6. The summed E-state index contributed by atoms with van der Waals surface area (Å²) in [5, 5.41) is 12.6. The molecule has 0 aliphatic carbocycles. The van der Waals surface area contributed by atoms with Crippen molar-refractivity contribution in [3.05, 3.63) is 53.6 Å². The van der Waals surface area contributed by atoms with Gasteiger partial charge in [-0.3, -0.25) is 9.59 Å². The lowest BCUT2D eigenvalue weighted by Crippen LogP contribution is -2.28. The second kappa shape index (κ2) is 7.50. The van der Waals surface area contributed by atoms with E-state index in [0.29, 0.717) is 24.3 Å². The summed E-state index contributed by atoms with van der Waals surface area (Å²) in [6.45, 7) is 2.31. The molecule has 1 saturated heterocycles. The average molecular weight is 388 g/mol. The maximum absolute atomic E-state index is 12.7. The van der Waals surface area contributed by atoms with Crippen LogP contribution in [0.1, 0.15) is 40.5 Å². The van der Waals surface area contributed by atoms with Gasteiger partial charge in [-0.25, -0.2) is 8.42 Å². The lowest BCUT2D eigenvalue weighted by Gasteiger charge is -2.16. The summed E-state index contributed by atoms with van der Waals surface area (Å²) in [6.07, 6.45) is 1.61. The van der Waals surface area contributed by atoms with E-state index in [1.54, 1.807) is 18.2 Å². The van der Waals surface area contributed by atoms with Crippen LogP contribution in [-0.2, 0) is 10.0 Å². The van der Waals surface area contributed by atoms with Crippen molar-refractivity contribution in [2.45, 2.75) is 24.7 Å². The molecule has 0 spiro atoms. The van der Waals surface area contributed by atoms with Gasteiger partial charge in [-0.2, -0.15) is 4.31 Å². The number of benzene rings is 2. The van der Waals surface area contributed by atoms with Gasteiger partial charge in [0.25, 0.3) is 5.91 Å². The maximum atomic E-state index is 12.7.